The lowest BCUT2D eigenvalue weighted by Gasteiger charge is -2.15. The fourth-order valence-corrected chi connectivity index (χ4v) is 3.38. The monoisotopic (exact) mass is 304 g/mol. The van der Waals surface area contributed by atoms with Gasteiger partial charge in [0.05, 0.1) is 16.3 Å². The van der Waals surface area contributed by atoms with Crippen molar-refractivity contribution in [2.45, 2.75) is 13.5 Å². The van der Waals surface area contributed by atoms with Crippen LogP contribution in [0.3, 0.4) is 0 Å². The molecule has 104 valence electrons. The molecule has 0 fully saturated rings. The number of thiophene rings is 2. The number of carbonyl (C=O) groups excluding carboxylic acids is 1. The van der Waals surface area contributed by atoms with E-state index in [4.69, 9.17) is 5.73 Å². The lowest BCUT2D eigenvalue weighted by atomic mass is 10.3. The van der Waals surface area contributed by atoms with Gasteiger partial charge in [0.25, 0.3) is 5.91 Å². The van der Waals surface area contributed by atoms with Crippen molar-refractivity contribution in [2.75, 3.05) is 13.6 Å². The fourth-order valence-electron chi connectivity index (χ4n) is 1.75. The summed E-state index contributed by atoms with van der Waals surface area (Å²) in [5.41, 5.74) is 6.45. The molecule has 0 atom stereocenters. The van der Waals surface area contributed by atoms with Crippen LogP contribution in [-0.4, -0.2) is 24.4 Å². The van der Waals surface area contributed by atoms with E-state index in [1.54, 1.807) is 16.2 Å². The molecule has 0 saturated carbocycles. The zero-order valence-corrected chi connectivity index (χ0v) is 13.1. The van der Waals surface area contributed by atoms with Gasteiger partial charge in [-0.1, -0.05) is 11.8 Å². The van der Waals surface area contributed by atoms with Crippen molar-refractivity contribution in [2.24, 2.45) is 5.73 Å². The second-order valence-electron chi connectivity index (χ2n) is 4.40. The van der Waals surface area contributed by atoms with E-state index >= 15 is 0 Å². The first-order valence-corrected chi connectivity index (χ1v) is 7.88. The predicted molar refractivity (Wildman–Crippen MR) is 85.1 cm³/mol. The van der Waals surface area contributed by atoms with Gasteiger partial charge in [0, 0.05) is 18.5 Å². The van der Waals surface area contributed by atoms with Crippen LogP contribution in [0.1, 0.15) is 25.0 Å². The van der Waals surface area contributed by atoms with Crippen molar-refractivity contribution >= 4 is 28.6 Å². The smallest absolute Gasteiger partial charge is 0.263 e. The first kappa shape index (κ1) is 14.8. The lowest BCUT2D eigenvalue weighted by Crippen LogP contribution is -2.25. The van der Waals surface area contributed by atoms with Crippen molar-refractivity contribution < 1.29 is 4.79 Å². The Labute approximate surface area is 127 Å². The van der Waals surface area contributed by atoms with E-state index in [1.807, 2.05) is 37.6 Å². The Morgan fingerprint density at radius 1 is 1.45 bits per heavy atom. The first-order valence-electron chi connectivity index (χ1n) is 6.18. The molecule has 0 spiro atoms. The molecule has 1 amide bonds. The molecule has 2 aromatic rings. The van der Waals surface area contributed by atoms with Gasteiger partial charge in [-0.15, -0.1) is 22.7 Å². The zero-order valence-electron chi connectivity index (χ0n) is 11.5. The Morgan fingerprint density at radius 3 is 2.90 bits per heavy atom. The number of hydrogen-bond acceptors (Lipinski definition) is 4. The average Bonchev–Trinajstić information content (AvgIpc) is 3.04. The summed E-state index contributed by atoms with van der Waals surface area (Å²) in [6.07, 6.45) is 0. The first-order chi connectivity index (χ1) is 9.60. The third-order valence-electron chi connectivity index (χ3n) is 2.68. The maximum Gasteiger partial charge on any atom is 0.263 e. The summed E-state index contributed by atoms with van der Waals surface area (Å²) < 4.78 is 0. The van der Waals surface area contributed by atoms with E-state index in [9.17, 15) is 4.79 Å². The van der Waals surface area contributed by atoms with Crippen molar-refractivity contribution in [1.82, 2.24) is 4.90 Å². The van der Waals surface area contributed by atoms with Crippen LogP contribution in [0.4, 0.5) is 0 Å². The molecular weight excluding hydrogens is 288 g/mol. The van der Waals surface area contributed by atoms with E-state index in [2.05, 4.69) is 11.8 Å². The standard InChI is InChI=1S/C15H16N2OS2/c1-11-5-6-14(20-11)15(18)17(2)9-12-8-13(19-10-12)4-3-7-16/h5-6,8,10H,7,9,16H2,1-2H3. The molecule has 0 unspecified atom stereocenters. The van der Waals surface area contributed by atoms with E-state index < -0.39 is 0 Å². The van der Waals surface area contributed by atoms with Gasteiger partial charge < -0.3 is 10.6 Å². The summed E-state index contributed by atoms with van der Waals surface area (Å²) in [7, 11) is 1.82. The molecule has 3 nitrogen and oxygen atoms in total. The Kier molecular flexibility index (Phi) is 4.96. The summed E-state index contributed by atoms with van der Waals surface area (Å²) in [6, 6.07) is 5.86. The van der Waals surface area contributed by atoms with Gasteiger partial charge in [-0.05, 0) is 36.1 Å². The van der Waals surface area contributed by atoms with Crippen LogP contribution >= 0.6 is 22.7 Å². The van der Waals surface area contributed by atoms with E-state index in [0.29, 0.717) is 13.1 Å². The molecule has 2 heterocycles. The number of rotatable bonds is 3. The molecule has 0 saturated heterocycles. The van der Waals surface area contributed by atoms with Gasteiger partial charge in [0.15, 0.2) is 0 Å². The highest BCUT2D eigenvalue weighted by Gasteiger charge is 2.14. The minimum Gasteiger partial charge on any atom is -0.337 e. The number of amides is 1. The van der Waals surface area contributed by atoms with Crippen LogP contribution in [0.25, 0.3) is 0 Å². The Hall–Kier alpha value is -1.61. The number of aryl methyl sites for hydroxylation is 1. The maximum atomic E-state index is 12.2. The summed E-state index contributed by atoms with van der Waals surface area (Å²) in [5, 5.41) is 2.03. The number of hydrogen-bond donors (Lipinski definition) is 1. The van der Waals surface area contributed by atoms with Crippen LogP contribution in [0.15, 0.2) is 23.6 Å². The molecule has 0 bridgehead atoms. The van der Waals surface area contributed by atoms with Crippen molar-refractivity contribution in [3.05, 3.63) is 43.8 Å². The molecular formula is C15H16N2OS2. The van der Waals surface area contributed by atoms with Crippen LogP contribution in [0, 0.1) is 18.8 Å². The number of nitrogens with two attached hydrogens (primary N) is 1. The predicted octanol–water partition coefficient (Wildman–Crippen LogP) is 2.70. The van der Waals surface area contributed by atoms with Crippen molar-refractivity contribution in [3.63, 3.8) is 0 Å². The van der Waals surface area contributed by atoms with Crippen molar-refractivity contribution in [1.29, 1.82) is 0 Å². The Balaban J connectivity index is 2.02. The normalized spacial score (nSPS) is 9.95. The van der Waals surface area contributed by atoms with Gasteiger partial charge in [-0.25, -0.2) is 0 Å². The second kappa shape index (κ2) is 6.71. The molecule has 0 radical (unpaired) electrons. The molecule has 0 aliphatic heterocycles. The second-order valence-corrected chi connectivity index (χ2v) is 6.60. The summed E-state index contributed by atoms with van der Waals surface area (Å²) >= 11 is 3.10. The molecule has 20 heavy (non-hydrogen) atoms. The van der Waals surface area contributed by atoms with Gasteiger partial charge in [0.1, 0.15) is 0 Å². The van der Waals surface area contributed by atoms with E-state index in [1.165, 1.54) is 11.3 Å². The summed E-state index contributed by atoms with van der Waals surface area (Å²) in [4.78, 5) is 16.9. The molecule has 2 rings (SSSR count). The highest BCUT2D eigenvalue weighted by Crippen LogP contribution is 2.19. The van der Waals surface area contributed by atoms with Crippen LogP contribution in [0.2, 0.25) is 0 Å². The molecule has 0 aliphatic carbocycles. The minimum absolute atomic E-state index is 0.0592. The van der Waals surface area contributed by atoms with Crippen LogP contribution in [0.5, 0.6) is 0 Å². The quantitative estimate of drug-likeness (QED) is 0.886. The van der Waals surface area contributed by atoms with Gasteiger partial charge in [0.2, 0.25) is 0 Å². The topological polar surface area (TPSA) is 46.3 Å². The van der Waals surface area contributed by atoms with Crippen LogP contribution < -0.4 is 5.73 Å². The van der Waals surface area contributed by atoms with Crippen LogP contribution in [-0.2, 0) is 6.54 Å². The zero-order chi connectivity index (χ0) is 14.5. The van der Waals surface area contributed by atoms with Gasteiger partial charge >= 0.3 is 0 Å². The number of nitrogens with zero attached hydrogens (tertiary/aromatic N) is 1. The molecule has 2 aromatic heterocycles. The highest BCUT2D eigenvalue weighted by molar-refractivity contribution is 7.13. The number of carbonyl (C=O) groups is 1. The highest BCUT2D eigenvalue weighted by atomic mass is 32.1. The SMILES string of the molecule is Cc1ccc(C(=O)N(C)Cc2csc(C#CCN)c2)s1. The molecule has 2 N–H and O–H groups in total. The lowest BCUT2D eigenvalue weighted by molar-refractivity contribution is 0.0790. The van der Waals surface area contributed by atoms with Crippen molar-refractivity contribution in [3.8, 4) is 11.8 Å². The molecule has 5 heteroatoms. The van der Waals surface area contributed by atoms with E-state index in [0.717, 1.165) is 20.2 Å². The summed E-state index contributed by atoms with van der Waals surface area (Å²) in [6.45, 7) is 2.96. The molecule has 0 aromatic carbocycles. The summed E-state index contributed by atoms with van der Waals surface area (Å²) in [5.74, 6) is 5.90. The van der Waals surface area contributed by atoms with Gasteiger partial charge in [-0.2, -0.15) is 0 Å². The van der Waals surface area contributed by atoms with E-state index in [-0.39, 0.29) is 5.91 Å². The van der Waals surface area contributed by atoms with Gasteiger partial charge in [-0.3, -0.25) is 4.79 Å². The third kappa shape index (κ3) is 3.70. The Morgan fingerprint density at radius 2 is 2.25 bits per heavy atom. The molecule has 0 aliphatic rings. The Bertz CT molecular complexity index is 661. The third-order valence-corrected chi connectivity index (χ3v) is 4.57. The maximum absolute atomic E-state index is 12.2. The average molecular weight is 304 g/mol. The minimum atomic E-state index is 0.0592. The fraction of sp³-hybridized carbons (Fsp3) is 0.267. The largest absolute Gasteiger partial charge is 0.337 e.